The number of benzene rings is 1. The first-order valence-electron chi connectivity index (χ1n) is 7.72. The fourth-order valence-electron chi connectivity index (χ4n) is 3.83. The summed E-state index contributed by atoms with van der Waals surface area (Å²) in [6, 6.07) is 8.85. The molecule has 108 valence electrons. The molecule has 2 aliphatic rings. The number of rotatable bonds is 2. The smallest absolute Gasteiger partial charge is 0.308 e. The molecular formula is C17H23NO2. The summed E-state index contributed by atoms with van der Waals surface area (Å²) in [5.74, 6) is -0.165. The molecule has 0 radical (unpaired) electrons. The van der Waals surface area contributed by atoms with Crippen molar-refractivity contribution in [1.29, 1.82) is 0 Å². The number of hydrogen-bond donors (Lipinski definition) is 1. The monoisotopic (exact) mass is 273 g/mol. The molecule has 1 aromatic rings. The SMILES string of the molecule is CC1CCCC(N2CC(C(=O)O)Cc3ccccc32)C1. The van der Waals surface area contributed by atoms with E-state index in [1.54, 1.807) is 0 Å². The van der Waals surface area contributed by atoms with Crippen molar-refractivity contribution < 1.29 is 9.90 Å². The Morgan fingerprint density at radius 3 is 2.85 bits per heavy atom. The quantitative estimate of drug-likeness (QED) is 0.898. The number of carbonyl (C=O) groups is 1. The van der Waals surface area contributed by atoms with Crippen LogP contribution in [-0.4, -0.2) is 23.7 Å². The molecule has 1 aliphatic carbocycles. The highest BCUT2D eigenvalue weighted by Crippen LogP contribution is 2.36. The van der Waals surface area contributed by atoms with Crippen LogP contribution in [0.3, 0.4) is 0 Å². The molecule has 3 atom stereocenters. The average Bonchev–Trinajstić information content (AvgIpc) is 2.46. The minimum absolute atomic E-state index is 0.262. The van der Waals surface area contributed by atoms with E-state index in [0.29, 0.717) is 19.0 Å². The van der Waals surface area contributed by atoms with Gasteiger partial charge in [0.15, 0.2) is 0 Å². The Kier molecular flexibility index (Phi) is 3.68. The number of carboxylic acid groups (broad SMARTS) is 1. The molecule has 0 bridgehead atoms. The van der Waals surface area contributed by atoms with Gasteiger partial charge in [0.05, 0.1) is 5.92 Å². The largest absolute Gasteiger partial charge is 0.481 e. The minimum atomic E-state index is -0.659. The van der Waals surface area contributed by atoms with Crippen LogP contribution < -0.4 is 4.90 Å². The molecule has 1 fully saturated rings. The van der Waals surface area contributed by atoms with Gasteiger partial charge in [-0.15, -0.1) is 0 Å². The standard InChI is InChI=1S/C17H23NO2/c1-12-5-4-7-15(9-12)18-11-14(17(19)20)10-13-6-2-3-8-16(13)18/h2-3,6,8,12,14-15H,4-5,7,9-11H2,1H3,(H,19,20). The Morgan fingerprint density at radius 2 is 2.10 bits per heavy atom. The van der Waals surface area contributed by atoms with Crippen molar-refractivity contribution in [2.75, 3.05) is 11.4 Å². The Bertz CT molecular complexity index is 500. The van der Waals surface area contributed by atoms with Gasteiger partial charge in [0, 0.05) is 18.3 Å². The Balaban J connectivity index is 1.90. The summed E-state index contributed by atoms with van der Waals surface area (Å²) in [5, 5.41) is 9.41. The zero-order chi connectivity index (χ0) is 14.1. The summed E-state index contributed by atoms with van der Waals surface area (Å²) >= 11 is 0. The van der Waals surface area contributed by atoms with Crippen molar-refractivity contribution in [3.63, 3.8) is 0 Å². The summed E-state index contributed by atoms with van der Waals surface area (Å²) in [5.41, 5.74) is 2.47. The lowest BCUT2D eigenvalue weighted by Gasteiger charge is -2.43. The highest BCUT2D eigenvalue weighted by atomic mass is 16.4. The third-order valence-corrected chi connectivity index (χ3v) is 4.88. The molecule has 1 N–H and O–H groups in total. The van der Waals surface area contributed by atoms with Gasteiger partial charge in [0.2, 0.25) is 0 Å². The number of aliphatic carboxylic acids is 1. The Hall–Kier alpha value is -1.51. The molecule has 3 nitrogen and oxygen atoms in total. The van der Waals surface area contributed by atoms with Crippen LogP contribution in [0.25, 0.3) is 0 Å². The van der Waals surface area contributed by atoms with E-state index in [1.165, 1.54) is 36.9 Å². The molecule has 1 aliphatic heterocycles. The third kappa shape index (κ3) is 2.54. The minimum Gasteiger partial charge on any atom is -0.481 e. The number of para-hydroxylation sites is 1. The summed E-state index contributed by atoms with van der Waals surface area (Å²) in [4.78, 5) is 13.8. The number of hydrogen-bond acceptors (Lipinski definition) is 2. The average molecular weight is 273 g/mol. The molecule has 3 heteroatoms. The third-order valence-electron chi connectivity index (χ3n) is 4.88. The molecule has 0 spiro atoms. The highest BCUT2D eigenvalue weighted by molar-refractivity contribution is 5.74. The summed E-state index contributed by atoms with van der Waals surface area (Å²) < 4.78 is 0. The van der Waals surface area contributed by atoms with Crippen LogP contribution in [0.2, 0.25) is 0 Å². The van der Waals surface area contributed by atoms with Crippen molar-refractivity contribution >= 4 is 11.7 Å². The van der Waals surface area contributed by atoms with Crippen LogP contribution in [0.4, 0.5) is 5.69 Å². The van der Waals surface area contributed by atoms with Gasteiger partial charge < -0.3 is 10.0 Å². The lowest BCUT2D eigenvalue weighted by molar-refractivity contribution is -0.141. The first-order valence-corrected chi connectivity index (χ1v) is 7.72. The van der Waals surface area contributed by atoms with Gasteiger partial charge in [-0.05, 0) is 36.8 Å². The van der Waals surface area contributed by atoms with Gasteiger partial charge >= 0.3 is 5.97 Å². The summed E-state index contributed by atoms with van der Waals surface area (Å²) in [7, 11) is 0. The predicted molar refractivity (Wildman–Crippen MR) is 80.0 cm³/mol. The second kappa shape index (κ2) is 5.47. The first-order chi connectivity index (χ1) is 9.65. The van der Waals surface area contributed by atoms with E-state index in [2.05, 4.69) is 30.0 Å². The van der Waals surface area contributed by atoms with E-state index in [9.17, 15) is 9.90 Å². The predicted octanol–water partition coefficient (Wildman–Crippen LogP) is 3.33. The van der Waals surface area contributed by atoms with Crippen molar-refractivity contribution in [3.8, 4) is 0 Å². The molecule has 3 rings (SSSR count). The summed E-state index contributed by atoms with van der Waals surface area (Å²) in [6.07, 6.45) is 5.65. The molecule has 1 aromatic carbocycles. The number of carboxylic acids is 1. The molecule has 1 heterocycles. The van der Waals surface area contributed by atoms with Gasteiger partial charge in [-0.25, -0.2) is 0 Å². The van der Waals surface area contributed by atoms with Crippen LogP contribution in [0.15, 0.2) is 24.3 Å². The van der Waals surface area contributed by atoms with E-state index in [0.717, 1.165) is 5.92 Å². The highest BCUT2D eigenvalue weighted by Gasteiger charge is 2.34. The Morgan fingerprint density at radius 1 is 1.30 bits per heavy atom. The molecule has 20 heavy (non-hydrogen) atoms. The second-order valence-corrected chi connectivity index (χ2v) is 6.45. The Labute approximate surface area is 120 Å². The maximum absolute atomic E-state index is 11.4. The van der Waals surface area contributed by atoms with Crippen molar-refractivity contribution in [2.45, 2.75) is 45.1 Å². The van der Waals surface area contributed by atoms with E-state index in [1.807, 2.05) is 6.07 Å². The molecular weight excluding hydrogens is 250 g/mol. The molecule has 1 saturated carbocycles. The molecule has 0 amide bonds. The van der Waals surface area contributed by atoms with Crippen LogP contribution in [0, 0.1) is 11.8 Å². The zero-order valence-corrected chi connectivity index (χ0v) is 12.1. The fraction of sp³-hybridized carbons (Fsp3) is 0.588. The topological polar surface area (TPSA) is 40.5 Å². The van der Waals surface area contributed by atoms with Gasteiger partial charge in [-0.3, -0.25) is 4.79 Å². The van der Waals surface area contributed by atoms with Crippen molar-refractivity contribution in [3.05, 3.63) is 29.8 Å². The van der Waals surface area contributed by atoms with Gasteiger partial charge in [0.25, 0.3) is 0 Å². The van der Waals surface area contributed by atoms with Crippen LogP contribution in [0.1, 0.15) is 38.2 Å². The molecule has 3 unspecified atom stereocenters. The van der Waals surface area contributed by atoms with Crippen LogP contribution in [-0.2, 0) is 11.2 Å². The fourth-order valence-corrected chi connectivity index (χ4v) is 3.83. The van der Waals surface area contributed by atoms with E-state index >= 15 is 0 Å². The van der Waals surface area contributed by atoms with Crippen LogP contribution in [0.5, 0.6) is 0 Å². The lowest BCUT2D eigenvalue weighted by Crippen LogP contribution is -2.46. The zero-order valence-electron chi connectivity index (χ0n) is 12.1. The number of anilines is 1. The number of nitrogens with zero attached hydrogens (tertiary/aromatic N) is 1. The maximum atomic E-state index is 11.4. The van der Waals surface area contributed by atoms with E-state index in [4.69, 9.17) is 0 Å². The van der Waals surface area contributed by atoms with E-state index < -0.39 is 5.97 Å². The van der Waals surface area contributed by atoms with Crippen molar-refractivity contribution in [1.82, 2.24) is 0 Å². The molecule has 0 saturated heterocycles. The van der Waals surface area contributed by atoms with Crippen LogP contribution >= 0.6 is 0 Å². The summed E-state index contributed by atoms with van der Waals surface area (Å²) in [6.45, 7) is 2.99. The molecule has 0 aromatic heterocycles. The lowest BCUT2D eigenvalue weighted by atomic mass is 9.83. The van der Waals surface area contributed by atoms with Gasteiger partial charge in [-0.2, -0.15) is 0 Å². The van der Waals surface area contributed by atoms with Crippen molar-refractivity contribution in [2.24, 2.45) is 11.8 Å². The first kappa shape index (κ1) is 13.5. The maximum Gasteiger partial charge on any atom is 0.308 e. The van der Waals surface area contributed by atoms with Gasteiger partial charge in [-0.1, -0.05) is 38.0 Å². The van der Waals surface area contributed by atoms with Gasteiger partial charge in [0.1, 0.15) is 0 Å². The second-order valence-electron chi connectivity index (χ2n) is 6.45. The normalized spacial score (nSPS) is 29.9. The van der Waals surface area contributed by atoms with E-state index in [-0.39, 0.29) is 5.92 Å². The number of fused-ring (bicyclic) bond motifs is 1.